The highest BCUT2D eigenvalue weighted by atomic mass is 16.5. The Balaban J connectivity index is 1.15. The minimum absolute atomic E-state index is 0.0184. The zero-order valence-corrected chi connectivity index (χ0v) is 20.6. The first-order chi connectivity index (χ1) is 17.2. The fourth-order valence-electron chi connectivity index (χ4n) is 6.78. The van der Waals surface area contributed by atoms with Crippen LogP contribution in [0.1, 0.15) is 68.4 Å². The Kier molecular flexibility index (Phi) is 6.33. The maximum atomic E-state index is 12.9. The van der Waals surface area contributed by atoms with E-state index in [4.69, 9.17) is 9.72 Å². The molecule has 4 heterocycles. The summed E-state index contributed by atoms with van der Waals surface area (Å²) in [5.41, 5.74) is 3.55. The van der Waals surface area contributed by atoms with Crippen LogP contribution < -0.4 is 5.32 Å². The number of carbonyl (C=O) groups is 1. The minimum Gasteiger partial charge on any atom is -0.368 e. The molecule has 6 heteroatoms. The molecule has 35 heavy (non-hydrogen) atoms. The first-order valence-electron chi connectivity index (χ1n) is 13.3. The van der Waals surface area contributed by atoms with Gasteiger partial charge in [-0.05, 0) is 69.6 Å². The maximum absolute atomic E-state index is 12.9. The van der Waals surface area contributed by atoms with E-state index in [1.54, 1.807) is 0 Å². The number of piperidine rings is 1. The summed E-state index contributed by atoms with van der Waals surface area (Å²) < 4.78 is 8.14. The number of amides is 1. The van der Waals surface area contributed by atoms with Gasteiger partial charge in [-0.25, -0.2) is 4.98 Å². The first kappa shape index (κ1) is 22.7. The van der Waals surface area contributed by atoms with Crippen LogP contribution in [0.2, 0.25) is 0 Å². The molecule has 3 aliphatic heterocycles. The average molecular weight is 473 g/mol. The standard InChI is InChI=1S/C29H36N4O2/c1-20-30-26-10-5-6-11-27(26)33(20)24-18-22-13-14-23(19-24)32(22)16-15-25(21-8-3-2-4-9-21)31-29(34)28-12-7-17-35-28/h2-6,8-11,22-25,28H,7,12-19H2,1H3,(H,31,34)/t22?,23?,24?,25-,28?/m0/s1. The molecule has 0 saturated carbocycles. The number of hydrogen-bond donors (Lipinski definition) is 1. The van der Waals surface area contributed by atoms with Crippen LogP contribution in [0.4, 0.5) is 0 Å². The van der Waals surface area contributed by atoms with Gasteiger partial charge in [0, 0.05) is 31.3 Å². The second-order valence-electron chi connectivity index (χ2n) is 10.5. The predicted molar refractivity (Wildman–Crippen MR) is 137 cm³/mol. The number of benzene rings is 2. The van der Waals surface area contributed by atoms with Crippen molar-refractivity contribution in [2.45, 2.75) is 82.1 Å². The maximum Gasteiger partial charge on any atom is 0.249 e. The number of rotatable bonds is 7. The molecule has 1 amide bonds. The van der Waals surface area contributed by atoms with Crippen LogP contribution in [0.15, 0.2) is 54.6 Å². The zero-order valence-electron chi connectivity index (χ0n) is 20.6. The number of para-hydroxylation sites is 2. The van der Waals surface area contributed by atoms with Crippen LogP contribution in [0, 0.1) is 6.92 Å². The van der Waals surface area contributed by atoms with Crippen LogP contribution in [0.25, 0.3) is 11.0 Å². The molecular formula is C29H36N4O2. The lowest BCUT2D eigenvalue weighted by Crippen LogP contribution is -2.45. The summed E-state index contributed by atoms with van der Waals surface area (Å²) >= 11 is 0. The van der Waals surface area contributed by atoms with Crippen molar-refractivity contribution in [1.82, 2.24) is 19.8 Å². The van der Waals surface area contributed by atoms with Gasteiger partial charge in [0.15, 0.2) is 0 Å². The van der Waals surface area contributed by atoms with Gasteiger partial charge in [-0.3, -0.25) is 9.69 Å². The Labute approximate surface area is 207 Å². The molecule has 3 aromatic rings. The Morgan fingerprint density at radius 1 is 1.03 bits per heavy atom. The molecule has 4 atom stereocenters. The Bertz CT molecular complexity index is 1160. The number of aromatic nitrogens is 2. The number of aryl methyl sites for hydroxylation is 1. The number of imidazole rings is 1. The summed E-state index contributed by atoms with van der Waals surface area (Å²) in [4.78, 5) is 20.4. The molecule has 6 nitrogen and oxygen atoms in total. The van der Waals surface area contributed by atoms with E-state index in [1.807, 2.05) is 6.07 Å². The molecule has 2 aromatic carbocycles. The molecular weight excluding hydrogens is 436 g/mol. The van der Waals surface area contributed by atoms with Gasteiger partial charge in [-0.1, -0.05) is 42.5 Å². The molecule has 3 aliphatic rings. The Morgan fingerprint density at radius 2 is 1.77 bits per heavy atom. The molecule has 2 bridgehead atoms. The lowest BCUT2D eigenvalue weighted by atomic mass is 9.95. The summed E-state index contributed by atoms with van der Waals surface area (Å²) in [6, 6.07) is 20.7. The van der Waals surface area contributed by atoms with Crippen LogP contribution >= 0.6 is 0 Å². The summed E-state index contributed by atoms with van der Waals surface area (Å²) in [5, 5.41) is 3.32. The van der Waals surface area contributed by atoms with Gasteiger partial charge in [-0.15, -0.1) is 0 Å². The number of fused-ring (bicyclic) bond motifs is 3. The summed E-state index contributed by atoms with van der Waals surface area (Å²) in [5.74, 6) is 1.17. The van der Waals surface area contributed by atoms with Crippen molar-refractivity contribution in [3.05, 3.63) is 66.0 Å². The van der Waals surface area contributed by atoms with Crippen molar-refractivity contribution in [2.24, 2.45) is 0 Å². The second kappa shape index (κ2) is 9.75. The van der Waals surface area contributed by atoms with Gasteiger partial charge >= 0.3 is 0 Å². The first-order valence-corrected chi connectivity index (χ1v) is 13.3. The normalized spacial score (nSPS) is 27.3. The minimum atomic E-state index is -0.290. The van der Waals surface area contributed by atoms with E-state index in [9.17, 15) is 4.79 Å². The van der Waals surface area contributed by atoms with Gasteiger partial charge in [-0.2, -0.15) is 0 Å². The zero-order chi connectivity index (χ0) is 23.8. The Morgan fingerprint density at radius 3 is 2.51 bits per heavy atom. The van der Waals surface area contributed by atoms with Crippen molar-refractivity contribution >= 4 is 16.9 Å². The van der Waals surface area contributed by atoms with Crippen molar-refractivity contribution < 1.29 is 9.53 Å². The van der Waals surface area contributed by atoms with Crippen LogP contribution in [-0.4, -0.2) is 51.7 Å². The smallest absolute Gasteiger partial charge is 0.249 e. The van der Waals surface area contributed by atoms with Gasteiger partial charge in [0.25, 0.3) is 0 Å². The second-order valence-corrected chi connectivity index (χ2v) is 10.5. The van der Waals surface area contributed by atoms with Crippen molar-refractivity contribution in [3.8, 4) is 0 Å². The van der Waals surface area contributed by atoms with E-state index in [0.29, 0.717) is 24.7 Å². The summed E-state index contributed by atoms with van der Waals surface area (Å²) in [6.07, 6.45) is 7.32. The van der Waals surface area contributed by atoms with E-state index in [2.05, 4.69) is 70.2 Å². The van der Waals surface area contributed by atoms with E-state index in [1.165, 1.54) is 36.8 Å². The fourth-order valence-corrected chi connectivity index (χ4v) is 6.78. The van der Waals surface area contributed by atoms with Gasteiger partial charge in [0.2, 0.25) is 5.91 Å². The Hall–Kier alpha value is -2.70. The number of hydrogen-bond acceptors (Lipinski definition) is 4. The molecule has 1 aromatic heterocycles. The molecule has 0 spiro atoms. The van der Waals surface area contributed by atoms with Gasteiger partial charge < -0.3 is 14.6 Å². The van der Waals surface area contributed by atoms with Gasteiger partial charge in [0.05, 0.1) is 17.1 Å². The topological polar surface area (TPSA) is 59.4 Å². The lowest BCUT2D eigenvalue weighted by Gasteiger charge is -2.40. The molecule has 1 N–H and O–H groups in total. The number of carbonyl (C=O) groups excluding carboxylic acids is 1. The monoisotopic (exact) mass is 472 g/mol. The quantitative estimate of drug-likeness (QED) is 0.529. The third kappa shape index (κ3) is 4.50. The van der Waals surface area contributed by atoms with Gasteiger partial charge in [0.1, 0.15) is 11.9 Å². The summed E-state index contributed by atoms with van der Waals surface area (Å²) in [6.45, 7) is 3.85. The summed E-state index contributed by atoms with van der Waals surface area (Å²) in [7, 11) is 0. The molecule has 0 aliphatic carbocycles. The van der Waals surface area contributed by atoms with Crippen molar-refractivity contribution in [3.63, 3.8) is 0 Å². The van der Waals surface area contributed by atoms with Crippen molar-refractivity contribution in [2.75, 3.05) is 13.2 Å². The predicted octanol–water partition coefficient (Wildman–Crippen LogP) is 4.94. The van der Waals surface area contributed by atoms with Crippen LogP contribution in [0.5, 0.6) is 0 Å². The molecule has 184 valence electrons. The highest BCUT2D eigenvalue weighted by Crippen LogP contribution is 2.42. The number of nitrogens with one attached hydrogen (secondary N) is 1. The van der Waals surface area contributed by atoms with E-state index in [-0.39, 0.29) is 18.1 Å². The lowest BCUT2D eigenvalue weighted by molar-refractivity contribution is -0.130. The number of ether oxygens (including phenoxy) is 1. The molecule has 3 saturated heterocycles. The SMILES string of the molecule is Cc1nc2ccccc2n1C1CC2CCC(C1)N2CC[C@H](NC(=O)C1CCCO1)c1ccccc1. The molecule has 3 fully saturated rings. The third-order valence-corrected chi connectivity index (χ3v) is 8.41. The van der Waals surface area contributed by atoms with Crippen LogP contribution in [-0.2, 0) is 9.53 Å². The van der Waals surface area contributed by atoms with Crippen molar-refractivity contribution in [1.29, 1.82) is 0 Å². The highest BCUT2D eigenvalue weighted by Gasteiger charge is 2.42. The number of nitrogens with zero attached hydrogens (tertiary/aromatic N) is 3. The van der Waals surface area contributed by atoms with E-state index >= 15 is 0 Å². The van der Waals surface area contributed by atoms with Crippen LogP contribution in [0.3, 0.4) is 0 Å². The molecule has 6 rings (SSSR count). The van der Waals surface area contributed by atoms with E-state index < -0.39 is 0 Å². The molecule has 0 radical (unpaired) electrons. The largest absolute Gasteiger partial charge is 0.368 e. The third-order valence-electron chi connectivity index (χ3n) is 8.41. The highest BCUT2D eigenvalue weighted by molar-refractivity contribution is 5.81. The average Bonchev–Trinajstić information content (AvgIpc) is 3.58. The fraction of sp³-hybridized carbons (Fsp3) is 0.517. The van der Waals surface area contributed by atoms with E-state index in [0.717, 1.165) is 37.1 Å². The molecule has 3 unspecified atom stereocenters.